The van der Waals surface area contributed by atoms with Gasteiger partial charge in [-0.05, 0) is 37.0 Å². The van der Waals surface area contributed by atoms with Crippen LogP contribution in [-0.2, 0) is 16.4 Å². The molecule has 0 atom stereocenters. The second kappa shape index (κ2) is 7.00. The zero-order valence-electron chi connectivity index (χ0n) is 13.0. The summed E-state index contributed by atoms with van der Waals surface area (Å²) in [7, 11) is -3.37. The van der Waals surface area contributed by atoms with Gasteiger partial charge < -0.3 is 4.90 Å². The maximum absolute atomic E-state index is 12.2. The van der Waals surface area contributed by atoms with Crippen molar-refractivity contribution in [2.24, 2.45) is 0 Å². The van der Waals surface area contributed by atoms with Crippen molar-refractivity contribution in [3.05, 3.63) is 54.2 Å². The molecular weight excluding hydrogens is 310 g/mol. The van der Waals surface area contributed by atoms with Crippen molar-refractivity contribution in [1.29, 1.82) is 0 Å². The molecule has 1 aromatic heterocycles. The Balaban J connectivity index is 1.59. The highest BCUT2D eigenvalue weighted by atomic mass is 32.2. The lowest BCUT2D eigenvalue weighted by Gasteiger charge is -2.16. The second-order valence-corrected chi connectivity index (χ2v) is 7.60. The van der Waals surface area contributed by atoms with Gasteiger partial charge in [0.15, 0.2) is 0 Å². The van der Waals surface area contributed by atoms with E-state index in [9.17, 15) is 8.42 Å². The highest BCUT2D eigenvalue weighted by Gasteiger charge is 2.14. The van der Waals surface area contributed by atoms with Gasteiger partial charge >= 0.3 is 0 Å². The first kappa shape index (κ1) is 15.8. The van der Waals surface area contributed by atoms with Crippen LogP contribution in [0.1, 0.15) is 18.4 Å². The zero-order chi connectivity index (χ0) is 16.1. The fourth-order valence-electron chi connectivity index (χ4n) is 2.71. The van der Waals surface area contributed by atoms with Crippen molar-refractivity contribution in [2.45, 2.75) is 19.3 Å². The molecule has 1 fully saturated rings. The van der Waals surface area contributed by atoms with Crippen molar-refractivity contribution < 1.29 is 8.42 Å². The molecule has 2 heterocycles. The molecule has 0 saturated carbocycles. The second-order valence-electron chi connectivity index (χ2n) is 5.76. The number of hydrogen-bond donors (Lipinski definition) is 1. The van der Waals surface area contributed by atoms with Gasteiger partial charge in [-0.3, -0.25) is 4.72 Å². The van der Waals surface area contributed by atoms with E-state index in [-0.39, 0.29) is 5.75 Å². The Labute approximate surface area is 137 Å². The van der Waals surface area contributed by atoms with E-state index in [4.69, 9.17) is 0 Å². The molecule has 0 amide bonds. The lowest BCUT2D eigenvalue weighted by Crippen LogP contribution is -2.20. The Bertz CT molecular complexity index is 724. The molecule has 1 saturated heterocycles. The summed E-state index contributed by atoms with van der Waals surface area (Å²) in [5, 5.41) is 0. The Morgan fingerprint density at radius 3 is 2.43 bits per heavy atom. The molecule has 1 N–H and O–H groups in total. The molecule has 0 bridgehead atoms. The van der Waals surface area contributed by atoms with Gasteiger partial charge in [-0.15, -0.1) is 0 Å². The normalized spacial score (nSPS) is 14.9. The first-order valence-electron chi connectivity index (χ1n) is 7.88. The highest BCUT2D eigenvalue weighted by molar-refractivity contribution is 7.92. The van der Waals surface area contributed by atoms with Gasteiger partial charge in [-0.25, -0.2) is 13.4 Å². The standard InChI is InChI=1S/C17H21N3O2S/c21-23(22,13-10-15-6-2-1-3-7-15)19-16-8-9-17(18-14-16)20-11-4-5-12-20/h1-3,6-9,14,19H,4-5,10-13H2. The summed E-state index contributed by atoms with van der Waals surface area (Å²) in [4.78, 5) is 6.58. The van der Waals surface area contributed by atoms with Crippen molar-refractivity contribution in [3.8, 4) is 0 Å². The summed E-state index contributed by atoms with van der Waals surface area (Å²) < 4.78 is 26.9. The molecule has 1 aliphatic heterocycles. The lowest BCUT2D eigenvalue weighted by molar-refractivity contribution is 0.600. The van der Waals surface area contributed by atoms with Crippen molar-refractivity contribution >= 4 is 21.5 Å². The van der Waals surface area contributed by atoms with Gasteiger partial charge in [0.1, 0.15) is 5.82 Å². The maximum Gasteiger partial charge on any atom is 0.233 e. The third-order valence-electron chi connectivity index (χ3n) is 3.95. The first-order chi connectivity index (χ1) is 11.1. The number of pyridine rings is 1. The molecular formula is C17H21N3O2S. The van der Waals surface area contributed by atoms with Crippen LogP contribution in [0.25, 0.3) is 0 Å². The number of aryl methyl sites for hydroxylation is 1. The molecule has 2 aromatic rings. The molecule has 3 rings (SSSR count). The Morgan fingerprint density at radius 2 is 1.78 bits per heavy atom. The Hall–Kier alpha value is -2.08. The Kier molecular flexibility index (Phi) is 4.81. The molecule has 5 nitrogen and oxygen atoms in total. The molecule has 0 spiro atoms. The summed E-state index contributed by atoms with van der Waals surface area (Å²) in [6.07, 6.45) is 4.47. The quantitative estimate of drug-likeness (QED) is 0.884. The van der Waals surface area contributed by atoms with Crippen LogP contribution in [0.4, 0.5) is 11.5 Å². The smallest absolute Gasteiger partial charge is 0.233 e. The van der Waals surface area contributed by atoms with Crippen LogP contribution in [-0.4, -0.2) is 32.2 Å². The number of hydrogen-bond acceptors (Lipinski definition) is 4. The molecule has 0 unspecified atom stereocenters. The van der Waals surface area contributed by atoms with E-state index in [1.165, 1.54) is 12.8 Å². The topological polar surface area (TPSA) is 62.3 Å². The number of anilines is 2. The molecule has 0 radical (unpaired) electrons. The number of sulfonamides is 1. The first-order valence-corrected chi connectivity index (χ1v) is 9.53. The number of rotatable bonds is 6. The van der Waals surface area contributed by atoms with E-state index in [1.54, 1.807) is 12.3 Å². The third kappa shape index (κ3) is 4.45. The average Bonchev–Trinajstić information content (AvgIpc) is 3.09. The fourth-order valence-corrected chi connectivity index (χ4v) is 3.79. The van der Waals surface area contributed by atoms with Gasteiger partial charge in [0.25, 0.3) is 0 Å². The van der Waals surface area contributed by atoms with E-state index < -0.39 is 10.0 Å². The maximum atomic E-state index is 12.2. The zero-order valence-corrected chi connectivity index (χ0v) is 13.8. The van der Waals surface area contributed by atoms with Gasteiger partial charge in [0.05, 0.1) is 17.6 Å². The lowest BCUT2D eigenvalue weighted by atomic mass is 10.2. The van der Waals surface area contributed by atoms with Crippen LogP contribution in [0.5, 0.6) is 0 Å². The summed E-state index contributed by atoms with van der Waals surface area (Å²) in [5.74, 6) is 0.972. The minimum absolute atomic E-state index is 0.0604. The van der Waals surface area contributed by atoms with E-state index in [0.29, 0.717) is 12.1 Å². The number of nitrogens with zero attached hydrogens (tertiary/aromatic N) is 2. The third-order valence-corrected chi connectivity index (χ3v) is 5.24. The van der Waals surface area contributed by atoms with Crippen LogP contribution in [0.2, 0.25) is 0 Å². The molecule has 1 aliphatic rings. The van der Waals surface area contributed by atoms with Crippen molar-refractivity contribution in [2.75, 3.05) is 28.5 Å². The van der Waals surface area contributed by atoms with E-state index in [1.807, 2.05) is 36.4 Å². The summed E-state index contributed by atoms with van der Waals surface area (Å²) in [6.45, 7) is 2.05. The molecule has 6 heteroatoms. The van der Waals surface area contributed by atoms with E-state index in [0.717, 1.165) is 24.5 Å². The predicted molar refractivity (Wildman–Crippen MR) is 93.2 cm³/mol. The average molecular weight is 331 g/mol. The van der Waals surface area contributed by atoms with Gasteiger partial charge in [0, 0.05) is 13.1 Å². The molecule has 23 heavy (non-hydrogen) atoms. The van der Waals surface area contributed by atoms with Gasteiger partial charge in [-0.2, -0.15) is 0 Å². The summed E-state index contributed by atoms with van der Waals surface area (Å²) in [6, 6.07) is 13.3. The van der Waals surface area contributed by atoms with E-state index in [2.05, 4.69) is 14.6 Å². The number of aromatic nitrogens is 1. The van der Waals surface area contributed by atoms with Gasteiger partial charge in [0.2, 0.25) is 10.0 Å². The van der Waals surface area contributed by atoms with Crippen LogP contribution in [0, 0.1) is 0 Å². The predicted octanol–water partition coefficient (Wildman–Crippen LogP) is 2.67. The minimum Gasteiger partial charge on any atom is -0.357 e. The largest absolute Gasteiger partial charge is 0.357 e. The van der Waals surface area contributed by atoms with Crippen LogP contribution < -0.4 is 9.62 Å². The summed E-state index contributed by atoms with van der Waals surface area (Å²) >= 11 is 0. The number of nitrogens with one attached hydrogen (secondary N) is 1. The van der Waals surface area contributed by atoms with Crippen molar-refractivity contribution in [1.82, 2.24) is 4.98 Å². The number of benzene rings is 1. The van der Waals surface area contributed by atoms with Gasteiger partial charge in [-0.1, -0.05) is 30.3 Å². The minimum atomic E-state index is -3.37. The molecule has 1 aromatic carbocycles. The summed E-state index contributed by atoms with van der Waals surface area (Å²) in [5.41, 5.74) is 1.53. The molecule has 122 valence electrons. The SMILES string of the molecule is O=S(=O)(CCc1ccccc1)Nc1ccc(N2CCCC2)nc1. The Morgan fingerprint density at radius 1 is 1.04 bits per heavy atom. The van der Waals surface area contributed by atoms with E-state index >= 15 is 0 Å². The van der Waals surface area contributed by atoms with Crippen LogP contribution in [0.15, 0.2) is 48.7 Å². The van der Waals surface area contributed by atoms with Crippen LogP contribution >= 0.6 is 0 Å². The van der Waals surface area contributed by atoms with Crippen LogP contribution in [0.3, 0.4) is 0 Å². The highest BCUT2D eigenvalue weighted by Crippen LogP contribution is 2.19. The molecule has 0 aliphatic carbocycles. The fraction of sp³-hybridized carbons (Fsp3) is 0.353. The van der Waals surface area contributed by atoms with Crippen molar-refractivity contribution in [3.63, 3.8) is 0 Å². The monoisotopic (exact) mass is 331 g/mol.